The quantitative estimate of drug-likeness (QED) is 0.578. The molecule has 2 aromatic carbocycles. The molecule has 0 spiro atoms. The van der Waals surface area contributed by atoms with Crippen LogP contribution in [0.15, 0.2) is 52.9 Å². The van der Waals surface area contributed by atoms with Crippen LogP contribution < -0.4 is 5.32 Å². The van der Waals surface area contributed by atoms with E-state index >= 15 is 0 Å². The van der Waals surface area contributed by atoms with Crippen LogP contribution in [0.25, 0.3) is 11.0 Å². The lowest BCUT2D eigenvalue weighted by Crippen LogP contribution is -2.10. The smallest absolute Gasteiger partial charge is 0.291 e. The minimum atomic E-state index is -0.612. The van der Waals surface area contributed by atoms with Gasteiger partial charge in [-0.25, -0.2) is 0 Å². The summed E-state index contributed by atoms with van der Waals surface area (Å²) in [4.78, 5) is 22.4. The molecule has 22 heavy (non-hydrogen) atoms. The van der Waals surface area contributed by atoms with Crippen LogP contribution in [0.5, 0.6) is 0 Å². The molecule has 0 fully saturated rings. The number of anilines is 1. The highest BCUT2D eigenvalue weighted by molar-refractivity contribution is 6.32. The summed E-state index contributed by atoms with van der Waals surface area (Å²) >= 11 is 5.73. The highest BCUT2D eigenvalue weighted by atomic mass is 35.5. The maximum absolute atomic E-state index is 12.1. The predicted molar refractivity (Wildman–Crippen MR) is 82.3 cm³/mol. The van der Waals surface area contributed by atoms with Gasteiger partial charge in [0.15, 0.2) is 5.76 Å². The molecule has 0 atom stereocenters. The van der Waals surface area contributed by atoms with E-state index in [9.17, 15) is 14.9 Å². The molecule has 0 unspecified atom stereocenters. The Morgan fingerprint density at radius 2 is 1.95 bits per heavy atom. The molecule has 0 aliphatic rings. The normalized spacial score (nSPS) is 10.6. The van der Waals surface area contributed by atoms with Crippen LogP contribution in [0.3, 0.4) is 0 Å². The lowest BCUT2D eigenvalue weighted by atomic mass is 10.2. The predicted octanol–water partition coefficient (Wildman–Crippen LogP) is 4.25. The molecule has 0 saturated carbocycles. The van der Waals surface area contributed by atoms with E-state index < -0.39 is 10.8 Å². The van der Waals surface area contributed by atoms with E-state index in [0.29, 0.717) is 5.58 Å². The molecule has 1 aromatic heterocycles. The van der Waals surface area contributed by atoms with E-state index in [1.54, 1.807) is 18.2 Å². The van der Waals surface area contributed by atoms with Crippen molar-refractivity contribution >= 4 is 39.9 Å². The summed E-state index contributed by atoms with van der Waals surface area (Å²) in [5.74, 6) is -0.369. The summed E-state index contributed by atoms with van der Waals surface area (Å²) in [7, 11) is 0. The number of carbonyl (C=O) groups is 1. The van der Waals surface area contributed by atoms with Gasteiger partial charge in [-0.15, -0.1) is 0 Å². The zero-order valence-corrected chi connectivity index (χ0v) is 11.8. The monoisotopic (exact) mass is 316 g/mol. The fraction of sp³-hybridized carbons (Fsp3) is 0. The Balaban J connectivity index is 1.87. The van der Waals surface area contributed by atoms with Crippen LogP contribution >= 0.6 is 11.6 Å². The van der Waals surface area contributed by atoms with E-state index in [1.807, 2.05) is 12.1 Å². The van der Waals surface area contributed by atoms with Gasteiger partial charge in [0.25, 0.3) is 11.6 Å². The number of para-hydroxylation sites is 1. The number of fused-ring (bicyclic) bond motifs is 1. The Morgan fingerprint density at radius 1 is 1.18 bits per heavy atom. The lowest BCUT2D eigenvalue weighted by Gasteiger charge is -2.03. The average Bonchev–Trinajstić information content (AvgIpc) is 2.93. The van der Waals surface area contributed by atoms with Crippen molar-refractivity contribution < 1.29 is 14.1 Å². The number of nitro groups is 1. The molecular formula is C15H9ClN2O4. The number of rotatable bonds is 3. The summed E-state index contributed by atoms with van der Waals surface area (Å²) in [6.07, 6.45) is 0. The molecule has 6 nitrogen and oxygen atoms in total. The van der Waals surface area contributed by atoms with Crippen molar-refractivity contribution in [2.24, 2.45) is 0 Å². The van der Waals surface area contributed by atoms with Gasteiger partial charge >= 0.3 is 0 Å². The standard InChI is InChI=1S/C15H9ClN2O4/c16-11-6-5-10(8-12(11)18(20)21)17-15(19)14-7-9-3-1-2-4-13(9)22-14/h1-8H,(H,17,19). The zero-order valence-electron chi connectivity index (χ0n) is 11.1. The van der Waals surface area contributed by atoms with Crippen molar-refractivity contribution in [2.45, 2.75) is 0 Å². The van der Waals surface area contributed by atoms with Gasteiger partial charge in [-0.2, -0.15) is 0 Å². The van der Waals surface area contributed by atoms with Gasteiger partial charge in [0.1, 0.15) is 10.6 Å². The van der Waals surface area contributed by atoms with Gasteiger partial charge in [-0.05, 0) is 24.3 Å². The lowest BCUT2D eigenvalue weighted by molar-refractivity contribution is -0.384. The van der Waals surface area contributed by atoms with Crippen LogP contribution in [0.1, 0.15) is 10.6 Å². The van der Waals surface area contributed by atoms with Crippen molar-refractivity contribution in [1.29, 1.82) is 0 Å². The van der Waals surface area contributed by atoms with E-state index in [2.05, 4.69) is 5.32 Å². The topological polar surface area (TPSA) is 85.4 Å². The molecule has 0 radical (unpaired) electrons. The number of nitro benzene ring substituents is 1. The molecule has 1 amide bonds. The Labute approximate surface area is 129 Å². The molecule has 3 aromatic rings. The summed E-state index contributed by atoms with van der Waals surface area (Å²) in [6.45, 7) is 0. The number of carbonyl (C=O) groups excluding carboxylic acids is 1. The van der Waals surface area contributed by atoms with Crippen molar-refractivity contribution in [2.75, 3.05) is 5.32 Å². The number of amides is 1. The first-order valence-electron chi connectivity index (χ1n) is 6.28. The van der Waals surface area contributed by atoms with Crippen molar-refractivity contribution in [3.63, 3.8) is 0 Å². The largest absolute Gasteiger partial charge is 0.451 e. The number of hydrogen-bond donors (Lipinski definition) is 1. The number of benzene rings is 2. The molecular weight excluding hydrogens is 308 g/mol. The molecule has 0 saturated heterocycles. The third-order valence-corrected chi connectivity index (χ3v) is 3.37. The number of halogens is 1. The number of furan rings is 1. The molecule has 3 rings (SSSR count). The highest BCUT2D eigenvalue weighted by Gasteiger charge is 2.16. The summed E-state index contributed by atoms with van der Waals surface area (Å²) in [5.41, 5.74) is 0.584. The fourth-order valence-corrected chi connectivity index (χ4v) is 2.20. The summed E-state index contributed by atoms with van der Waals surface area (Å²) < 4.78 is 5.43. The maximum Gasteiger partial charge on any atom is 0.291 e. The van der Waals surface area contributed by atoms with Gasteiger partial charge in [-0.3, -0.25) is 14.9 Å². The third kappa shape index (κ3) is 2.64. The first-order valence-corrected chi connectivity index (χ1v) is 6.66. The van der Waals surface area contributed by atoms with E-state index in [-0.39, 0.29) is 22.2 Å². The average molecular weight is 317 g/mol. The second kappa shape index (κ2) is 5.50. The molecule has 110 valence electrons. The molecule has 0 aliphatic carbocycles. The number of hydrogen-bond acceptors (Lipinski definition) is 4. The van der Waals surface area contributed by atoms with Gasteiger partial charge in [0, 0.05) is 17.1 Å². The molecule has 1 heterocycles. The van der Waals surface area contributed by atoms with Crippen LogP contribution in [0.2, 0.25) is 5.02 Å². The Bertz CT molecular complexity index is 855. The zero-order chi connectivity index (χ0) is 15.7. The van der Waals surface area contributed by atoms with Crippen LogP contribution in [0.4, 0.5) is 11.4 Å². The molecule has 0 aliphatic heterocycles. The third-order valence-electron chi connectivity index (χ3n) is 3.05. The van der Waals surface area contributed by atoms with Crippen molar-refractivity contribution in [3.8, 4) is 0 Å². The fourth-order valence-electron chi connectivity index (χ4n) is 2.02. The summed E-state index contributed by atoms with van der Waals surface area (Å²) in [5, 5.41) is 14.2. The second-order valence-electron chi connectivity index (χ2n) is 4.53. The second-order valence-corrected chi connectivity index (χ2v) is 4.93. The van der Waals surface area contributed by atoms with Gasteiger partial charge in [0.2, 0.25) is 0 Å². The molecule has 7 heteroatoms. The molecule has 1 N–H and O–H groups in total. The minimum Gasteiger partial charge on any atom is -0.451 e. The van der Waals surface area contributed by atoms with Crippen LogP contribution in [0, 0.1) is 10.1 Å². The van der Waals surface area contributed by atoms with Crippen molar-refractivity contribution in [3.05, 3.63) is 69.4 Å². The number of nitrogens with one attached hydrogen (secondary N) is 1. The number of nitrogens with zero attached hydrogens (tertiary/aromatic N) is 1. The first-order chi connectivity index (χ1) is 10.5. The maximum atomic E-state index is 12.1. The first kappa shape index (κ1) is 14.1. The Kier molecular flexibility index (Phi) is 3.52. The Hall–Kier alpha value is -2.86. The van der Waals surface area contributed by atoms with E-state index in [1.165, 1.54) is 18.2 Å². The molecule has 0 bridgehead atoms. The Morgan fingerprint density at radius 3 is 2.68 bits per heavy atom. The van der Waals surface area contributed by atoms with Gasteiger partial charge < -0.3 is 9.73 Å². The van der Waals surface area contributed by atoms with Gasteiger partial charge in [0.05, 0.1) is 4.92 Å². The summed E-state index contributed by atoms with van der Waals surface area (Å²) in [6, 6.07) is 12.8. The minimum absolute atomic E-state index is 0.00624. The van der Waals surface area contributed by atoms with Crippen LogP contribution in [-0.4, -0.2) is 10.8 Å². The highest BCUT2D eigenvalue weighted by Crippen LogP contribution is 2.28. The van der Waals surface area contributed by atoms with Crippen LogP contribution in [-0.2, 0) is 0 Å². The SMILES string of the molecule is O=C(Nc1ccc(Cl)c([N+](=O)[O-])c1)c1cc2ccccc2o1. The van der Waals surface area contributed by atoms with Gasteiger partial charge in [-0.1, -0.05) is 29.8 Å². The van der Waals surface area contributed by atoms with E-state index in [4.69, 9.17) is 16.0 Å². The van der Waals surface area contributed by atoms with Crippen molar-refractivity contribution in [1.82, 2.24) is 0 Å². The van der Waals surface area contributed by atoms with E-state index in [0.717, 1.165) is 5.39 Å².